The van der Waals surface area contributed by atoms with E-state index in [4.69, 9.17) is 9.15 Å². The van der Waals surface area contributed by atoms with Crippen molar-refractivity contribution in [3.8, 4) is 17.4 Å². The first kappa shape index (κ1) is 23.5. The number of amides is 2. The fraction of sp³-hybridized carbons (Fsp3) is 0.143. The summed E-state index contributed by atoms with van der Waals surface area (Å²) in [5.41, 5.74) is 2.73. The minimum absolute atomic E-state index is 0.0728. The van der Waals surface area contributed by atoms with E-state index in [1.807, 2.05) is 36.4 Å². The summed E-state index contributed by atoms with van der Waals surface area (Å²) in [7, 11) is 1.34. The smallest absolute Gasteiger partial charge is 0.338 e. The van der Waals surface area contributed by atoms with Crippen LogP contribution in [0.3, 0.4) is 0 Å². The molecule has 0 bridgehead atoms. The Morgan fingerprint density at radius 1 is 1.03 bits per heavy atom. The molecule has 0 aliphatic carbocycles. The van der Waals surface area contributed by atoms with Crippen molar-refractivity contribution >= 4 is 23.9 Å². The predicted molar refractivity (Wildman–Crippen MR) is 129 cm³/mol. The van der Waals surface area contributed by atoms with E-state index in [1.165, 1.54) is 13.1 Å². The van der Waals surface area contributed by atoms with Gasteiger partial charge in [0.2, 0.25) is 0 Å². The second-order valence-electron chi connectivity index (χ2n) is 7.99. The fourth-order valence-corrected chi connectivity index (χ4v) is 3.69. The summed E-state index contributed by atoms with van der Waals surface area (Å²) in [4.78, 5) is 37.9. The molecule has 1 aliphatic heterocycles. The van der Waals surface area contributed by atoms with E-state index in [0.717, 1.165) is 16.0 Å². The Labute approximate surface area is 202 Å². The van der Waals surface area contributed by atoms with Crippen LogP contribution in [-0.2, 0) is 20.7 Å². The van der Waals surface area contributed by atoms with Crippen molar-refractivity contribution in [2.75, 3.05) is 13.7 Å². The van der Waals surface area contributed by atoms with Crippen LogP contribution in [0.15, 0.2) is 87.9 Å². The number of esters is 1. The summed E-state index contributed by atoms with van der Waals surface area (Å²) in [6, 6.07) is 21.9. The molecule has 0 saturated carbocycles. The van der Waals surface area contributed by atoms with Crippen LogP contribution >= 0.6 is 0 Å². The van der Waals surface area contributed by atoms with E-state index < -0.39 is 17.8 Å². The molecule has 0 fully saturated rings. The molecule has 2 aromatic carbocycles. The minimum atomic E-state index is -0.619. The molecule has 2 heterocycles. The largest absolute Gasteiger partial charge is 0.462 e. The van der Waals surface area contributed by atoms with E-state index in [-0.39, 0.29) is 11.1 Å². The highest BCUT2D eigenvalue weighted by atomic mass is 16.5. The van der Waals surface area contributed by atoms with Crippen LogP contribution in [-0.4, -0.2) is 36.3 Å². The van der Waals surface area contributed by atoms with Crippen molar-refractivity contribution < 1.29 is 23.5 Å². The summed E-state index contributed by atoms with van der Waals surface area (Å²) in [5, 5.41) is 9.28. The van der Waals surface area contributed by atoms with Crippen LogP contribution in [0.25, 0.3) is 17.4 Å². The molecular formula is C28H22N2O5. The summed E-state index contributed by atoms with van der Waals surface area (Å²) >= 11 is 0. The zero-order valence-electron chi connectivity index (χ0n) is 19.3. The molecule has 4 rings (SSSR count). The first-order valence-corrected chi connectivity index (χ1v) is 11.0. The van der Waals surface area contributed by atoms with Gasteiger partial charge < -0.3 is 9.15 Å². The third-order valence-corrected chi connectivity index (χ3v) is 5.73. The van der Waals surface area contributed by atoms with Crippen LogP contribution < -0.4 is 0 Å². The first-order valence-electron chi connectivity index (χ1n) is 11.0. The van der Waals surface area contributed by atoms with Crippen molar-refractivity contribution in [3.63, 3.8) is 0 Å². The highest BCUT2D eigenvalue weighted by Crippen LogP contribution is 2.29. The molecular weight excluding hydrogens is 444 g/mol. The monoisotopic (exact) mass is 466 g/mol. The Balaban J connectivity index is 1.46. The van der Waals surface area contributed by atoms with Gasteiger partial charge in [-0.25, -0.2) is 4.79 Å². The Morgan fingerprint density at radius 3 is 2.43 bits per heavy atom. The SMILES string of the molecule is CC1=C(C#N)C(=O)N(C)C(=O)C1=Cc1ccc(-c2ccc(C(=O)OCCc3ccccc3)cc2)o1. The molecule has 0 radical (unpaired) electrons. The number of likely N-dealkylation sites (N-methyl/N-ethyl adjacent to an activating group) is 1. The van der Waals surface area contributed by atoms with E-state index in [0.29, 0.717) is 35.7 Å². The summed E-state index contributed by atoms with van der Waals surface area (Å²) in [5.74, 6) is -0.587. The summed E-state index contributed by atoms with van der Waals surface area (Å²) in [6.45, 7) is 1.86. The molecule has 0 unspecified atom stereocenters. The highest BCUT2D eigenvalue weighted by Gasteiger charge is 2.33. The lowest BCUT2D eigenvalue weighted by molar-refractivity contribution is -0.138. The number of imide groups is 1. The summed E-state index contributed by atoms with van der Waals surface area (Å²) in [6.07, 6.45) is 2.16. The Hall–Kier alpha value is -4.70. The van der Waals surface area contributed by atoms with E-state index in [1.54, 1.807) is 43.3 Å². The molecule has 1 aromatic heterocycles. The second kappa shape index (κ2) is 10.1. The average Bonchev–Trinajstić information content (AvgIpc) is 3.35. The Kier molecular flexibility index (Phi) is 6.74. The van der Waals surface area contributed by atoms with E-state index >= 15 is 0 Å². The normalized spacial score (nSPS) is 14.9. The highest BCUT2D eigenvalue weighted by molar-refractivity contribution is 6.19. The first-order chi connectivity index (χ1) is 16.9. The van der Waals surface area contributed by atoms with Crippen molar-refractivity contribution in [1.29, 1.82) is 5.26 Å². The molecule has 7 nitrogen and oxygen atoms in total. The molecule has 2 amide bonds. The molecule has 174 valence electrons. The number of nitrogens with zero attached hydrogens (tertiary/aromatic N) is 2. The van der Waals surface area contributed by atoms with Gasteiger partial charge in [-0.15, -0.1) is 0 Å². The van der Waals surface area contributed by atoms with E-state index in [2.05, 4.69) is 0 Å². The van der Waals surface area contributed by atoms with Gasteiger partial charge >= 0.3 is 5.97 Å². The van der Waals surface area contributed by atoms with Crippen molar-refractivity contribution in [1.82, 2.24) is 4.90 Å². The van der Waals surface area contributed by atoms with Crippen LogP contribution in [0.2, 0.25) is 0 Å². The van der Waals surface area contributed by atoms with Gasteiger partial charge in [-0.05, 0) is 48.4 Å². The molecule has 0 atom stereocenters. The van der Waals surface area contributed by atoms with Crippen LogP contribution in [0.5, 0.6) is 0 Å². The number of nitriles is 1. The molecule has 7 heteroatoms. The topological polar surface area (TPSA) is 101 Å². The maximum atomic E-state index is 12.6. The number of ether oxygens (including phenoxy) is 1. The van der Waals surface area contributed by atoms with Gasteiger partial charge in [0, 0.05) is 24.6 Å². The average molecular weight is 466 g/mol. The number of hydrogen-bond acceptors (Lipinski definition) is 6. The number of carbonyl (C=O) groups is 3. The molecule has 1 aliphatic rings. The molecule has 3 aromatic rings. The van der Waals surface area contributed by atoms with Crippen LogP contribution in [0.1, 0.15) is 28.6 Å². The number of hydrogen-bond donors (Lipinski definition) is 0. The van der Waals surface area contributed by atoms with Gasteiger partial charge in [0.25, 0.3) is 11.8 Å². The predicted octanol–water partition coefficient (Wildman–Crippen LogP) is 4.57. The standard InChI is InChI=1S/C28H22N2O5/c1-18-23(26(31)30(2)27(32)24(18)17-29)16-22-12-13-25(35-22)20-8-10-21(11-9-20)28(33)34-15-14-19-6-4-3-5-7-19/h3-13,16H,14-15H2,1-2H3. The van der Waals surface area contributed by atoms with Crippen molar-refractivity contribution in [2.45, 2.75) is 13.3 Å². The van der Waals surface area contributed by atoms with Crippen LogP contribution in [0, 0.1) is 11.3 Å². The van der Waals surface area contributed by atoms with Gasteiger partial charge in [-0.3, -0.25) is 14.5 Å². The molecule has 0 saturated heterocycles. The zero-order chi connectivity index (χ0) is 24.9. The van der Waals surface area contributed by atoms with Crippen molar-refractivity contribution in [3.05, 3.63) is 100 Å². The zero-order valence-corrected chi connectivity index (χ0v) is 19.3. The molecule has 0 spiro atoms. The number of furan rings is 1. The maximum Gasteiger partial charge on any atom is 0.338 e. The fourth-order valence-electron chi connectivity index (χ4n) is 3.69. The number of carbonyl (C=O) groups excluding carboxylic acids is 3. The van der Waals surface area contributed by atoms with Gasteiger partial charge in [-0.1, -0.05) is 42.5 Å². The van der Waals surface area contributed by atoms with Gasteiger partial charge in [-0.2, -0.15) is 5.26 Å². The molecule has 35 heavy (non-hydrogen) atoms. The lowest BCUT2D eigenvalue weighted by Crippen LogP contribution is -2.39. The Morgan fingerprint density at radius 2 is 1.74 bits per heavy atom. The number of rotatable bonds is 6. The van der Waals surface area contributed by atoms with Crippen LogP contribution in [0.4, 0.5) is 0 Å². The van der Waals surface area contributed by atoms with Crippen molar-refractivity contribution in [2.24, 2.45) is 0 Å². The van der Waals surface area contributed by atoms with Gasteiger partial charge in [0.05, 0.1) is 12.2 Å². The van der Waals surface area contributed by atoms with Gasteiger partial charge in [0.1, 0.15) is 23.2 Å². The summed E-state index contributed by atoms with van der Waals surface area (Å²) < 4.78 is 11.2. The second-order valence-corrected chi connectivity index (χ2v) is 7.99. The third kappa shape index (κ3) is 4.97. The third-order valence-electron chi connectivity index (χ3n) is 5.73. The maximum absolute atomic E-state index is 12.6. The lowest BCUT2D eigenvalue weighted by atomic mass is 9.95. The Bertz CT molecular complexity index is 1390. The molecule has 0 N–H and O–H groups in total. The van der Waals surface area contributed by atoms with E-state index in [9.17, 15) is 19.6 Å². The van der Waals surface area contributed by atoms with Gasteiger partial charge in [0.15, 0.2) is 0 Å². The quantitative estimate of drug-likeness (QED) is 0.300. The lowest BCUT2D eigenvalue weighted by Gasteiger charge is -2.23. The minimum Gasteiger partial charge on any atom is -0.462 e. The number of benzene rings is 2.